The third-order valence-corrected chi connectivity index (χ3v) is 4.95. The van der Waals surface area contributed by atoms with Crippen LogP contribution in [-0.2, 0) is 10.0 Å². The van der Waals surface area contributed by atoms with Gasteiger partial charge in [0, 0.05) is 16.3 Å². The Morgan fingerprint density at radius 2 is 1.67 bits per heavy atom. The monoisotopic (exact) mass is 324 g/mol. The zero-order chi connectivity index (χ0) is 15.8. The van der Waals surface area contributed by atoms with Crippen LogP contribution in [0.5, 0.6) is 0 Å². The molecule has 2 aromatic rings. The SMILES string of the molecule is Cc1nc(Sc2ccc(S(N)(=O)=O)c(N)c2)nc(C)c1C. The summed E-state index contributed by atoms with van der Waals surface area (Å²) in [7, 11) is -3.81. The van der Waals surface area contributed by atoms with Crippen LogP contribution in [0, 0.1) is 20.8 Å². The fourth-order valence-electron chi connectivity index (χ4n) is 1.74. The Morgan fingerprint density at radius 1 is 1.10 bits per heavy atom. The van der Waals surface area contributed by atoms with Gasteiger partial charge in [0.05, 0.1) is 5.69 Å². The van der Waals surface area contributed by atoms with Crippen LogP contribution in [-0.4, -0.2) is 18.4 Å². The van der Waals surface area contributed by atoms with E-state index in [0.29, 0.717) is 5.16 Å². The Hall–Kier alpha value is -1.64. The van der Waals surface area contributed by atoms with Crippen LogP contribution in [0.3, 0.4) is 0 Å². The summed E-state index contributed by atoms with van der Waals surface area (Å²) in [5, 5.41) is 5.67. The second-order valence-corrected chi connectivity index (χ2v) is 7.22. The summed E-state index contributed by atoms with van der Waals surface area (Å²) in [6.07, 6.45) is 0. The number of rotatable bonds is 3. The van der Waals surface area contributed by atoms with Crippen molar-refractivity contribution in [1.29, 1.82) is 0 Å². The van der Waals surface area contributed by atoms with E-state index in [-0.39, 0.29) is 10.6 Å². The first-order valence-electron chi connectivity index (χ1n) is 6.10. The number of hydrogen-bond acceptors (Lipinski definition) is 6. The molecule has 112 valence electrons. The summed E-state index contributed by atoms with van der Waals surface area (Å²) in [4.78, 5) is 9.47. The first-order valence-corrected chi connectivity index (χ1v) is 8.47. The predicted octanol–water partition coefficient (Wildman–Crippen LogP) is 1.78. The fourth-order valence-corrected chi connectivity index (χ4v) is 3.28. The van der Waals surface area contributed by atoms with Crippen molar-refractivity contribution in [3.05, 3.63) is 35.2 Å². The van der Waals surface area contributed by atoms with Crippen molar-refractivity contribution in [1.82, 2.24) is 9.97 Å². The van der Waals surface area contributed by atoms with Crippen LogP contribution < -0.4 is 10.9 Å². The second-order valence-electron chi connectivity index (χ2n) is 4.65. The van der Waals surface area contributed by atoms with Gasteiger partial charge in [0.2, 0.25) is 10.0 Å². The summed E-state index contributed by atoms with van der Waals surface area (Å²) in [6.45, 7) is 5.82. The van der Waals surface area contributed by atoms with Crippen LogP contribution in [0.2, 0.25) is 0 Å². The van der Waals surface area contributed by atoms with Gasteiger partial charge in [-0.05, 0) is 56.3 Å². The minimum atomic E-state index is -3.81. The van der Waals surface area contributed by atoms with Crippen LogP contribution in [0.1, 0.15) is 17.0 Å². The molecule has 6 nitrogen and oxygen atoms in total. The van der Waals surface area contributed by atoms with Crippen molar-refractivity contribution in [3.8, 4) is 0 Å². The van der Waals surface area contributed by atoms with Gasteiger partial charge in [0.1, 0.15) is 4.90 Å². The maximum Gasteiger partial charge on any atom is 0.240 e. The fraction of sp³-hybridized carbons (Fsp3) is 0.231. The molecule has 0 spiro atoms. The summed E-state index contributed by atoms with van der Waals surface area (Å²) in [5.74, 6) is 0. The van der Waals surface area contributed by atoms with E-state index >= 15 is 0 Å². The maximum atomic E-state index is 11.3. The lowest BCUT2D eigenvalue weighted by Gasteiger charge is -2.08. The molecule has 0 aliphatic heterocycles. The molecular weight excluding hydrogens is 308 g/mol. The molecule has 21 heavy (non-hydrogen) atoms. The lowest BCUT2D eigenvalue weighted by atomic mass is 10.2. The third kappa shape index (κ3) is 3.52. The number of aromatic nitrogens is 2. The highest BCUT2D eigenvalue weighted by Gasteiger charge is 2.13. The van der Waals surface area contributed by atoms with Crippen molar-refractivity contribution in [3.63, 3.8) is 0 Å². The number of primary sulfonamides is 1. The van der Waals surface area contributed by atoms with Crippen LogP contribution in [0.15, 0.2) is 33.1 Å². The van der Waals surface area contributed by atoms with Gasteiger partial charge in [-0.2, -0.15) is 0 Å². The summed E-state index contributed by atoms with van der Waals surface area (Å²) in [5.41, 5.74) is 8.74. The van der Waals surface area contributed by atoms with Crippen molar-refractivity contribution in [2.24, 2.45) is 5.14 Å². The highest BCUT2D eigenvalue weighted by Crippen LogP contribution is 2.29. The van der Waals surface area contributed by atoms with Crippen molar-refractivity contribution < 1.29 is 8.42 Å². The number of hydrogen-bond donors (Lipinski definition) is 2. The molecule has 0 saturated carbocycles. The van der Waals surface area contributed by atoms with E-state index in [9.17, 15) is 8.42 Å². The van der Waals surface area contributed by atoms with E-state index in [4.69, 9.17) is 10.9 Å². The lowest BCUT2D eigenvalue weighted by molar-refractivity contribution is 0.598. The molecule has 0 aliphatic carbocycles. The standard InChI is InChI=1S/C13H16N4O2S2/c1-7-8(2)16-13(17-9(7)3)20-10-4-5-12(11(14)6-10)21(15,18)19/h4-6H,14H2,1-3H3,(H2,15,18,19). The zero-order valence-electron chi connectivity index (χ0n) is 11.9. The molecule has 0 fully saturated rings. The second kappa shape index (κ2) is 5.63. The molecule has 1 heterocycles. The number of aryl methyl sites for hydroxylation is 2. The molecule has 4 N–H and O–H groups in total. The van der Waals surface area contributed by atoms with E-state index in [1.54, 1.807) is 12.1 Å². The molecule has 0 saturated heterocycles. The molecule has 0 radical (unpaired) electrons. The van der Waals surface area contributed by atoms with Crippen molar-refractivity contribution in [2.75, 3.05) is 5.73 Å². The minimum Gasteiger partial charge on any atom is -0.398 e. The molecule has 1 aromatic carbocycles. The molecule has 0 atom stereocenters. The Kier molecular flexibility index (Phi) is 4.22. The van der Waals surface area contributed by atoms with Crippen LogP contribution in [0.4, 0.5) is 5.69 Å². The Morgan fingerprint density at radius 3 is 2.14 bits per heavy atom. The molecule has 8 heteroatoms. The van der Waals surface area contributed by atoms with Crippen molar-refractivity contribution >= 4 is 27.5 Å². The molecule has 0 bridgehead atoms. The predicted molar refractivity (Wildman–Crippen MR) is 82.6 cm³/mol. The third-order valence-electron chi connectivity index (χ3n) is 3.11. The normalized spacial score (nSPS) is 11.6. The van der Waals surface area contributed by atoms with Gasteiger partial charge in [-0.3, -0.25) is 0 Å². The number of nitrogens with two attached hydrogens (primary N) is 2. The Labute approximate surface area is 128 Å². The number of anilines is 1. The van der Waals surface area contributed by atoms with Gasteiger partial charge in [-0.25, -0.2) is 23.5 Å². The highest BCUT2D eigenvalue weighted by molar-refractivity contribution is 7.99. The number of nitrogens with zero attached hydrogens (tertiary/aromatic N) is 2. The smallest absolute Gasteiger partial charge is 0.240 e. The first-order chi connectivity index (χ1) is 9.68. The van der Waals surface area contributed by atoms with Gasteiger partial charge >= 0.3 is 0 Å². The summed E-state index contributed by atoms with van der Waals surface area (Å²) >= 11 is 1.32. The summed E-state index contributed by atoms with van der Waals surface area (Å²) in [6, 6.07) is 4.58. The molecule has 2 rings (SSSR count). The first kappa shape index (κ1) is 15.7. The summed E-state index contributed by atoms with van der Waals surface area (Å²) < 4.78 is 22.6. The van der Waals surface area contributed by atoms with Gasteiger partial charge in [0.25, 0.3) is 0 Å². The Bertz CT molecular complexity index is 781. The zero-order valence-corrected chi connectivity index (χ0v) is 13.5. The van der Waals surface area contributed by atoms with E-state index in [1.807, 2.05) is 20.8 Å². The van der Waals surface area contributed by atoms with Gasteiger partial charge in [-0.15, -0.1) is 0 Å². The topological polar surface area (TPSA) is 112 Å². The molecule has 0 unspecified atom stereocenters. The number of nitrogen functional groups attached to an aromatic ring is 1. The van der Waals surface area contributed by atoms with Gasteiger partial charge in [0.15, 0.2) is 5.16 Å². The van der Waals surface area contributed by atoms with E-state index in [2.05, 4.69) is 9.97 Å². The van der Waals surface area contributed by atoms with Crippen molar-refractivity contribution in [2.45, 2.75) is 35.7 Å². The average Bonchev–Trinajstić information content (AvgIpc) is 2.34. The molecular formula is C13H16N4O2S2. The maximum absolute atomic E-state index is 11.3. The largest absolute Gasteiger partial charge is 0.398 e. The van der Waals surface area contributed by atoms with E-state index in [0.717, 1.165) is 21.8 Å². The van der Waals surface area contributed by atoms with E-state index < -0.39 is 10.0 Å². The van der Waals surface area contributed by atoms with Gasteiger partial charge in [-0.1, -0.05) is 0 Å². The van der Waals surface area contributed by atoms with Crippen LogP contribution in [0.25, 0.3) is 0 Å². The van der Waals surface area contributed by atoms with Crippen LogP contribution >= 0.6 is 11.8 Å². The quantitative estimate of drug-likeness (QED) is 0.657. The lowest BCUT2D eigenvalue weighted by Crippen LogP contribution is -2.14. The van der Waals surface area contributed by atoms with E-state index in [1.165, 1.54) is 17.8 Å². The molecule has 0 aliphatic rings. The number of sulfonamides is 1. The molecule has 0 amide bonds. The average molecular weight is 324 g/mol. The highest BCUT2D eigenvalue weighted by atomic mass is 32.2. The molecule has 1 aromatic heterocycles. The minimum absolute atomic E-state index is 0.0796. The Balaban J connectivity index is 2.35. The van der Waals surface area contributed by atoms with Gasteiger partial charge < -0.3 is 5.73 Å². The number of benzene rings is 1.